The zero-order valence-electron chi connectivity index (χ0n) is 19.3. The van der Waals surface area contributed by atoms with Crippen molar-refractivity contribution in [3.05, 3.63) is 69.4 Å². The maximum absolute atomic E-state index is 12.5. The van der Waals surface area contributed by atoms with Gasteiger partial charge in [0.2, 0.25) is 0 Å². The lowest BCUT2D eigenvalue weighted by atomic mass is 9.86. The van der Waals surface area contributed by atoms with E-state index in [1.807, 2.05) is 18.2 Å². The van der Waals surface area contributed by atoms with Crippen molar-refractivity contribution in [2.45, 2.75) is 53.1 Å². The van der Waals surface area contributed by atoms with Gasteiger partial charge < -0.3 is 9.32 Å². The molecule has 0 atom stereocenters. The SMILES string of the molecule is CC1=CC(C)(C)N(C(C)C)c2cc(C)c(/C=N/NC(=O)c3cc4cc(Br)ccc4o3)cc21. The van der Waals surface area contributed by atoms with Gasteiger partial charge in [-0.2, -0.15) is 5.10 Å². The molecule has 2 heterocycles. The van der Waals surface area contributed by atoms with Crippen molar-refractivity contribution >= 4 is 50.3 Å². The maximum Gasteiger partial charge on any atom is 0.307 e. The number of furan rings is 1. The Kier molecular flexibility index (Phi) is 5.76. The van der Waals surface area contributed by atoms with E-state index in [4.69, 9.17) is 4.42 Å². The molecule has 4 rings (SSSR count). The zero-order chi connectivity index (χ0) is 23.2. The van der Waals surface area contributed by atoms with E-state index >= 15 is 0 Å². The normalized spacial score (nSPS) is 15.4. The number of allylic oxidation sites excluding steroid dienone is 1. The number of hydrogen-bond acceptors (Lipinski definition) is 4. The fourth-order valence-electron chi connectivity index (χ4n) is 4.64. The average Bonchev–Trinajstić information content (AvgIpc) is 3.11. The van der Waals surface area contributed by atoms with Crippen LogP contribution < -0.4 is 10.3 Å². The molecule has 0 bridgehead atoms. The summed E-state index contributed by atoms with van der Waals surface area (Å²) < 4.78 is 6.57. The molecule has 0 aliphatic carbocycles. The number of nitrogens with zero attached hydrogens (tertiary/aromatic N) is 2. The number of carbonyl (C=O) groups excluding carboxylic acids is 1. The summed E-state index contributed by atoms with van der Waals surface area (Å²) >= 11 is 3.43. The topological polar surface area (TPSA) is 57.8 Å². The van der Waals surface area contributed by atoms with Crippen LogP contribution in [-0.2, 0) is 0 Å². The van der Waals surface area contributed by atoms with Crippen LogP contribution in [0.5, 0.6) is 0 Å². The minimum absolute atomic E-state index is 0.0521. The van der Waals surface area contributed by atoms with Gasteiger partial charge in [-0.3, -0.25) is 4.79 Å². The summed E-state index contributed by atoms with van der Waals surface area (Å²) in [4.78, 5) is 15.0. The Hall–Kier alpha value is -2.86. The molecule has 0 radical (unpaired) electrons. The van der Waals surface area contributed by atoms with Crippen molar-refractivity contribution in [3.63, 3.8) is 0 Å². The van der Waals surface area contributed by atoms with Crippen LogP contribution in [0.3, 0.4) is 0 Å². The molecule has 32 heavy (non-hydrogen) atoms. The highest BCUT2D eigenvalue weighted by molar-refractivity contribution is 9.10. The number of anilines is 1. The first-order valence-corrected chi connectivity index (χ1v) is 11.5. The third-order valence-corrected chi connectivity index (χ3v) is 6.34. The van der Waals surface area contributed by atoms with Crippen LogP contribution in [0.1, 0.15) is 61.9 Å². The lowest BCUT2D eigenvalue weighted by Crippen LogP contribution is -2.49. The Morgan fingerprint density at radius 1 is 1.19 bits per heavy atom. The minimum atomic E-state index is -0.381. The highest BCUT2D eigenvalue weighted by Gasteiger charge is 2.33. The highest BCUT2D eigenvalue weighted by atomic mass is 79.9. The fourth-order valence-corrected chi connectivity index (χ4v) is 5.02. The molecular weight excluding hydrogens is 466 g/mol. The number of halogens is 1. The van der Waals surface area contributed by atoms with E-state index in [1.54, 1.807) is 12.3 Å². The van der Waals surface area contributed by atoms with E-state index in [9.17, 15) is 4.79 Å². The second kappa shape index (κ2) is 8.24. The van der Waals surface area contributed by atoms with Crippen LogP contribution in [0.15, 0.2) is 56.5 Å². The fraction of sp³-hybridized carbons (Fsp3) is 0.308. The van der Waals surface area contributed by atoms with Gasteiger partial charge in [-0.1, -0.05) is 22.0 Å². The molecule has 1 N–H and O–H groups in total. The van der Waals surface area contributed by atoms with Gasteiger partial charge >= 0.3 is 5.91 Å². The van der Waals surface area contributed by atoms with Crippen LogP contribution in [0.25, 0.3) is 16.5 Å². The summed E-state index contributed by atoms with van der Waals surface area (Å²) in [5.74, 6) is -0.154. The Bertz CT molecular complexity index is 1270. The van der Waals surface area contributed by atoms with E-state index in [-0.39, 0.29) is 17.2 Å². The number of aryl methyl sites for hydroxylation is 1. The van der Waals surface area contributed by atoms with Crippen LogP contribution in [0.2, 0.25) is 0 Å². The molecule has 1 aliphatic rings. The number of hydrogen-bond donors (Lipinski definition) is 1. The molecule has 0 fully saturated rings. The average molecular weight is 494 g/mol. The number of rotatable bonds is 4. The molecule has 0 unspecified atom stereocenters. The van der Waals surface area contributed by atoms with Gasteiger partial charge in [-0.25, -0.2) is 5.43 Å². The number of nitrogens with one attached hydrogen (secondary N) is 1. The molecule has 0 saturated carbocycles. The Labute approximate surface area is 197 Å². The smallest absolute Gasteiger partial charge is 0.307 e. The van der Waals surface area contributed by atoms with Crippen LogP contribution >= 0.6 is 15.9 Å². The lowest BCUT2D eigenvalue weighted by Gasteiger charge is -2.46. The van der Waals surface area contributed by atoms with Crippen molar-refractivity contribution in [3.8, 4) is 0 Å². The number of amides is 1. The van der Waals surface area contributed by atoms with Gasteiger partial charge in [0, 0.05) is 27.2 Å². The summed E-state index contributed by atoms with van der Waals surface area (Å²) in [5.41, 5.74) is 8.93. The van der Waals surface area contributed by atoms with Crippen LogP contribution in [-0.4, -0.2) is 23.7 Å². The highest BCUT2D eigenvalue weighted by Crippen LogP contribution is 2.41. The Morgan fingerprint density at radius 3 is 2.66 bits per heavy atom. The van der Waals surface area contributed by atoms with Crippen molar-refractivity contribution in [2.75, 3.05) is 4.90 Å². The van der Waals surface area contributed by atoms with Gasteiger partial charge in [0.15, 0.2) is 5.76 Å². The number of carbonyl (C=O) groups is 1. The molecular formula is C26H28BrN3O2. The first-order chi connectivity index (χ1) is 15.1. The monoisotopic (exact) mass is 493 g/mol. The molecule has 166 valence electrons. The van der Waals surface area contributed by atoms with E-state index in [0.29, 0.717) is 11.6 Å². The van der Waals surface area contributed by atoms with Crippen LogP contribution in [0.4, 0.5) is 5.69 Å². The number of benzene rings is 2. The molecule has 6 heteroatoms. The van der Waals surface area contributed by atoms with Gasteiger partial charge in [-0.15, -0.1) is 0 Å². The van der Waals surface area contributed by atoms with Gasteiger partial charge in [-0.05, 0) is 94.6 Å². The predicted molar refractivity (Wildman–Crippen MR) is 135 cm³/mol. The van der Waals surface area contributed by atoms with Gasteiger partial charge in [0.1, 0.15) is 5.58 Å². The second-order valence-electron chi connectivity index (χ2n) is 9.16. The lowest BCUT2D eigenvalue weighted by molar-refractivity contribution is 0.0929. The molecule has 0 saturated heterocycles. The summed E-state index contributed by atoms with van der Waals surface area (Å²) in [6.07, 6.45) is 4.01. The summed E-state index contributed by atoms with van der Waals surface area (Å²) in [6, 6.07) is 12.1. The van der Waals surface area contributed by atoms with Gasteiger partial charge in [0.25, 0.3) is 0 Å². The molecule has 1 aromatic heterocycles. The maximum atomic E-state index is 12.5. The quantitative estimate of drug-likeness (QED) is 0.325. The van der Waals surface area contributed by atoms with Crippen molar-refractivity contribution < 1.29 is 9.21 Å². The van der Waals surface area contributed by atoms with E-state index in [1.165, 1.54) is 16.8 Å². The second-order valence-corrected chi connectivity index (χ2v) is 10.1. The summed E-state index contributed by atoms with van der Waals surface area (Å²) in [5, 5.41) is 5.06. The first kappa shape index (κ1) is 22.3. The largest absolute Gasteiger partial charge is 0.451 e. The third-order valence-electron chi connectivity index (χ3n) is 5.85. The van der Waals surface area contributed by atoms with Crippen molar-refractivity contribution in [1.29, 1.82) is 0 Å². The van der Waals surface area contributed by atoms with E-state index < -0.39 is 0 Å². The molecule has 1 amide bonds. The zero-order valence-corrected chi connectivity index (χ0v) is 20.9. The minimum Gasteiger partial charge on any atom is -0.451 e. The molecule has 3 aromatic rings. The predicted octanol–water partition coefficient (Wildman–Crippen LogP) is 6.68. The van der Waals surface area contributed by atoms with Crippen molar-refractivity contribution in [1.82, 2.24) is 5.43 Å². The number of fused-ring (bicyclic) bond motifs is 2. The summed E-state index contributed by atoms with van der Waals surface area (Å²) in [6.45, 7) is 13.1. The molecule has 5 nitrogen and oxygen atoms in total. The molecule has 2 aromatic carbocycles. The first-order valence-electron chi connectivity index (χ1n) is 10.7. The molecule has 1 aliphatic heterocycles. The summed E-state index contributed by atoms with van der Waals surface area (Å²) in [7, 11) is 0. The Balaban J connectivity index is 1.58. The van der Waals surface area contributed by atoms with Crippen LogP contribution in [0, 0.1) is 6.92 Å². The van der Waals surface area contributed by atoms with Crippen molar-refractivity contribution in [2.24, 2.45) is 5.10 Å². The standard InChI is InChI=1S/C26H28BrN3O2/c1-15(2)30-22-9-16(3)19(11-21(22)17(4)13-26(30,5)6)14-28-29-25(31)24-12-18-10-20(27)7-8-23(18)32-24/h7-15H,1-6H3,(H,29,31)/b28-14+. The molecule has 0 spiro atoms. The number of hydrazone groups is 1. The van der Waals surface area contributed by atoms with Gasteiger partial charge in [0.05, 0.1) is 11.8 Å². The van der Waals surface area contributed by atoms with E-state index in [0.717, 1.165) is 21.0 Å². The van der Waals surface area contributed by atoms with E-state index in [2.05, 4.69) is 91.1 Å². The third kappa shape index (κ3) is 4.11. The Morgan fingerprint density at radius 2 is 1.94 bits per heavy atom.